The molecule has 0 aliphatic rings. The van der Waals surface area contributed by atoms with E-state index in [1.54, 1.807) is 13.2 Å². The van der Waals surface area contributed by atoms with Crippen LogP contribution in [0.5, 0.6) is 11.5 Å². The Morgan fingerprint density at radius 3 is 2.22 bits per heavy atom. The second-order valence-corrected chi connectivity index (χ2v) is 5.89. The van der Waals surface area contributed by atoms with E-state index in [2.05, 4.69) is 5.32 Å². The first-order valence-corrected chi connectivity index (χ1v) is 8.63. The number of hydrogen-bond acceptors (Lipinski definition) is 3. The van der Waals surface area contributed by atoms with Gasteiger partial charge in [-0.25, -0.2) is 0 Å². The van der Waals surface area contributed by atoms with E-state index in [4.69, 9.17) is 9.47 Å². The smallest absolute Gasteiger partial charge is 0.248 e. The highest BCUT2D eigenvalue weighted by Gasteiger charge is 2.00. The summed E-state index contributed by atoms with van der Waals surface area (Å²) >= 11 is 0. The summed E-state index contributed by atoms with van der Waals surface area (Å²) in [5.74, 6) is 1.35. The molecule has 0 spiro atoms. The van der Waals surface area contributed by atoms with Gasteiger partial charge in [0.1, 0.15) is 18.1 Å². The minimum atomic E-state index is -0.191. The number of nitrogens with one attached hydrogen (secondary N) is 1. The van der Waals surface area contributed by atoms with Crippen LogP contribution in [-0.4, -0.2) is 13.0 Å². The molecular formula is C23H21NO3. The van der Waals surface area contributed by atoms with E-state index in [-0.39, 0.29) is 5.91 Å². The van der Waals surface area contributed by atoms with Gasteiger partial charge in [0.15, 0.2) is 0 Å². The lowest BCUT2D eigenvalue weighted by Gasteiger charge is -2.07. The number of amides is 1. The molecule has 0 aliphatic heterocycles. The van der Waals surface area contributed by atoms with E-state index in [1.807, 2.05) is 78.9 Å². The minimum Gasteiger partial charge on any atom is -0.497 e. The SMILES string of the molecule is COc1ccc(C=CC(=O)Nc2ccc(OCc3ccccc3)cc2)cc1. The van der Waals surface area contributed by atoms with Crippen molar-refractivity contribution in [2.24, 2.45) is 0 Å². The summed E-state index contributed by atoms with van der Waals surface area (Å²) in [5, 5.41) is 2.83. The average molecular weight is 359 g/mol. The molecule has 0 fully saturated rings. The minimum absolute atomic E-state index is 0.191. The Bertz CT molecular complexity index is 885. The van der Waals surface area contributed by atoms with E-state index in [0.29, 0.717) is 12.3 Å². The summed E-state index contributed by atoms with van der Waals surface area (Å²) in [6.45, 7) is 0.511. The number of ether oxygens (including phenoxy) is 2. The van der Waals surface area contributed by atoms with Crippen LogP contribution in [0, 0.1) is 0 Å². The van der Waals surface area contributed by atoms with E-state index in [9.17, 15) is 4.79 Å². The first-order chi connectivity index (χ1) is 13.2. The molecule has 3 aromatic rings. The molecule has 1 N–H and O–H groups in total. The van der Waals surface area contributed by atoms with Gasteiger partial charge in [0.25, 0.3) is 0 Å². The maximum Gasteiger partial charge on any atom is 0.248 e. The molecule has 136 valence electrons. The highest BCUT2D eigenvalue weighted by atomic mass is 16.5. The Morgan fingerprint density at radius 1 is 0.889 bits per heavy atom. The first kappa shape index (κ1) is 18.3. The quantitative estimate of drug-likeness (QED) is 0.609. The molecule has 0 atom stereocenters. The molecule has 27 heavy (non-hydrogen) atoms. The van der Waals surface area contributed by atoms with Crippen LogP contribution in [-0.2, 0) is 11.4 Å². The molecule has 0 aliphatic carbocycles. The van der Waals surface area contributed by atoms with Crippen LogP contribution in [0.3, 0.4) is 0 Å². The van der Waals surface area contributed by atoms with Gasteiger partial charge < -0.3 is 14.8 Å². The Kier molecular flexibility index (Phi) is 6.26. The molecule has 1 amide bonds. The van der Waals surface area contributed by atoms with E-state index >= 15 is 0 Å². The molecule has 0 unspecified atom stereocenters. The van der Waals surface area contributed by atoms with E-state index in [1.165, 1.54) is 6.08 Å². The third kappa shape index (κ3) is 5.75. The fraction of sp³-hybridized carbons (Fsp3) is 0.0870. The fourth-order valence-corrected chi connectivity index (χ4v) is 2.45. The Hall–Kier alpha value is -3.53. The third-order valence-electron chi connectivity index (χ3n) is 3.91. The van der Waals surface area contributed by atoms with Crippen molar-refractivity contribution < 1.29 is 14.3 Å². The van der Waals surface area contributed by atoms with Crippen LogP contribution in [0.25, 0.3) is 6.08 Å². The summed E-state index contributed by atoms with van der Waals surface area (Å²) in [7, 11) is 1.62. The van der Waals surface area contributed by atoms with Crippen LogP contribution >= 0.6 is 0 Å². The summed E-state index contributed by atoms with van der Waals surface area (Å²) in [5.41, 5.74) is 2.75. The second kappa shape index (κ2) is 9.25. The number of methoxy groups -OCH3 is 1. The maximum atomic E-state index is 12.1. The summed E-state index contributed by atoms with van der Waals surface area (Å²) in [6, 6.07) is 24.8. The topological polar surface area (TPSA) is 47.6 Å². The molecule has 0 heterocycles. The molecule has 4 heteroatoms. The van der Waals surface area contributed by atoms with Gasteiger partial charge in [-0.3, -0.25) is 4.79 Å². The van der Waals surface area contributed by atoms with Crippen LogP contribution in [0.1, 0.15) is 11.1 Å². The number of benzene rings is 3. The largest absolute Gasteiger partial charge is 0.497 e. The van der Waals surface area contributed by atoms with Gasteiger partial charge in [-0.1, -0.05) is 42.5 Å². The van der Waals surface area contributed by atoms with Gasteiger partial charge in [-0.15, -0.1) is 0 Å². The Balaban J connectivity index is 1.51. The Morgan fingerprint density at radius 2 is 1.56 bits per heavy atom. The molecular weight excluding hydrogens is 338 g/mol. The summed E-state index contributed by atoms with van der Waals surface area (Å²) < 4.78 is 10.9. The first-order valence-electron chi connectivity index (χ1n) is 8.63. The number of hydrogen-bond donors (Lipinski definition) is 1. The van der Waals surface area contributed by atoms with Crippen LogP contribution in [0.4, 0.5) is 5.69 Å². The number of carbonyl (C=O) groups excluding carboxylic acids is 1. The molecule has 0 saturated heterocycles. The zero-order valence-corrected chi connectivity index (χ0v) is 15.1. The average Bonchev–Trinajstić information content (AvgIpc) is 2.73. The van der Waals surface area contributed by atoms with Crippen molar-refractivity contribution in [3.63, 3.8) is 0 Å². The van der Waals surface area contributed by atoms with E-state index < -0.39 is 0 Å². The third-order valence-corrected chi connectivity index (χ3v) is 3.91. The Labute approximate surface area is 159 Å². The van der Waals surface area contributed by atoms with Crippen LogP contribution in [0.15, 0.2) is 84.9 Å². The predicted octanol–water partition coefficient (Wildman–Crippen LogP) is 4.93. The van der Waals surface area contributed by atoms with Crippen molar-refractivity contribution in [3.05, 3.63) is 96.1 Å². The van der Waals surface area contributed by atoms with Crippen LogP contribution < -0.4 is 14.8 Å². The second-order valence-electron chi connectivity index (χ2n) is 5.89. The van der Waals surface area contributed by atoms with Crippen LogP contribution in [0.2, 0.25) is 0 Å². The molecule has 0 aromatic heterocycles. The number of rotatable bonds is 7. The number of carbonyl (C=O) groups is 1. The standard InChI is InChI=1S/C23H21NO3/c1-26-21-12-7-18(8-13-21)9-16-23(25)24-20-10-14-22(15-11-20)27-17-19-5-3-2-4-6-19/h2-16H,17H2,1H3,(H,24,25). The van der Waals surface area contributed by atoms with Gasteiger partial charge in [-0.2, -0.15) is 0 Å². The molecule has 0 saturated carbocycles. The predicted molar refractivity (Wildman–Crippen MR) is 108 cm³/mol. The van der Waals surface area contributed by atoms with Crippen molar-refractivity contribution >= 4 is 17.7 Å². The highest BCUT2D eigenvalue weighted by molar-refractivity contribution is 6.01. The number of anilines is 1. The molecule has 4 nitrogen and oxygen atoms in total. The fourth-order valence-electron chi connectivity index (χ4n) is 2.45. The lowest BCUT2D eigenvalue weighted by Crippen LogP contribution is -2.07. The normalized spacial score (nSPS) is 10.6. The maximum absolute atomic E-state index is 12.1. The van der Waals surface area contributed by atoms with Crippen molar-refractivity contribution in [2.75, 3.05) is 12.4 Å². The molecule has 0 bridgehead atoms. The molecule has 3 rings (SSSR count). The van der Waals surface area contributed by atoms with E-state index in [0.717, 1.165) is 22.6 Å². The molecule has 3 aromatic carbocycles. The van der Waals surface area contributed by atoms with Gasteiger partial charge in [-0.05, 0) is 53.6 Å². The lowest BCUT2D eigenvalue weighted by molar-refractivity contribution is -0.111. The highest BCUT2D eigenvalue weighted by Crippen LogP contribution is 2.17. The van der Waals surface area contributed by atoms with Gasteiger partial charge in [0.05, 0.1) is 7.11 Å². The molecule has 0 radical (unpaired) electrons. The van der Waals surface area contributed by atoms with Crippen molar-refractivity contribution in [2.45, 2.75) is 6.61 Å². The zero-order valence-electron chi connectivity index (χ0n) is 15.1. The van der Waals surface area contributed by atoms with Gasteiger partial charge in [0, 0.05) is 11.8 Å². The van der Waals surface area contributed by atoms with Crippen molar-refractivity contribution in [1.29, 1.82) is 0 Å². The van der Waals surface area contributed by atoms with Gasteiger partial charge in [0.2, 0.25) is 5.91 Å². The zero-order chi connectivity index (χ0) is 18.9. The lowest BCUT2D eigenvalue weighted by atomic mass is 10.2. The van der Waals surface area contributed by atoms with Crippen molar-refractivity contribution in [3.8, 4) is 11.5 Å². The van der Waals surface area contributed by atoms with Crippen molar-refractivity contribution in [1.82, 2.24) is 0 Å². The monoisotopic (exact) mass is 359 g/mol. The summed E-state index contributed by atoms with van der Waals surface area (Å²) in [4.78, 5) is 12.1. The summed E-state index contributed by atoms with van der Waals surface area (Å²) in [6.07, 6.45) is 3.26. The van der Waals surface area contributed by atoms with Gasteiger partial charge >= 0.3 is 0 Å².